The van der Waals surface area contributed by atoms with Gasteiger partial charge in [-0.25, -0.2) is 0 Å². The molecule has 0 aromatic heterocycles. The molecule has 1 rings (SSSR count). The molecule has 0 saturated carbocycles. The largest absolute Gasteiger partial charge is 3.00 e. The van der Waals surface area contributed by atoms with E-state index in [-0.39, 0.29) is 23.5 Å². The summed E-state index contributed by atoms with van der Waals surface area (Å²) in [5, 5.41) is 7.66. The molecule has 1 N–H and O–H groups in total. The maximum Gasteiger partial charge on any atom is 3.00 e. The summed E-state index contributed by atoms with van der Waals surface area (Å²) in [6.07, 6.45) is -0.0278. The molecule has 6 heteroatoms. The van der Waals surface area contributed by atoms with Crippen LogP contribution in [0.3, 0.4) is 0 Å². The van der Waals surface area contributed by atoms with Crippen LogP contribution in [0.15, 0.2) is 30.3 Å². The number of hydrogen-bond donors (Lipinski definition) is 1. The maximum atomic E-state index is 9.31. The van der Waals surface area contributed by atoms with Gasteiger partial charge in [0.15, 0.2) is 0 Å². The predicted molar refractivity (Wildman–Crippen MR) is 50.5 cm³/mol. The smallest absolute Gasteiger partial charge is 0.772 e. The molecule has 0 atom stereocenters. The molecule has 0 saturated heterocycles. The Morgan fingerprint density at radius 1 is 1.40 bits per heavy atom. The molecule has 0 fully saturated rings. The summed E-state index contributed by atoms with van der Waals surface area (Å²) in [4.78, 5) is 17.7. The molecule has 15 heavy (non-hydrogen) atoms. The molecule has 0 amide bonds. The summed E-state index contributed by atoms with van der Waals surface area (Å²) in [5.74, 6) is -0.856. The van der Waals surface area contributed by atoms with Gasteiger partial charge in [-0.1, -0.05) is 6.42 Å². The number of carbonyl (C=O) groups is 1. The van der Waals surface area contributed by atoms with Crippen LogP contribution in [-0.4, -0.2) is 11.1 Å². The third kappa shape index (κ3) is 31.9. The first-order valence-electron chi connectivity index (χ1n) is 3.56. The predicted octanol–water partition coefficient (Wildman–Crippen LogP) is 1.33. The van der Waals surface area contributed by atoms with Crippen molar-refractivity contribution in [1.29, 1.82) is 0 Å². The third-order valence-electron chi connectivity index (χ3n) is 0.821. The van der Waals surface area contributed by atoms with Gasteiger partial charge in [0.25, 0.3) is 5.97 Å². The molecule has 83 valence electrons. The second-order valence-corrected chi connectivity index (χ2v) is 1.94. The quantitative estimate of drug-likeness (QED) is 0.474. The Bertz CT molecular complexity index is 204. The van der Waals surface area contributed by atoms with Crippen molar-refractivity contribution in [3.63, 3.8) is 0 Å². The summed E-state index contributed by atoms with van der Waals surface area (Å²) in [6, 6.07) is 12.5. The van der Waals surface area contributed by atoms with Gasteiger partial charge in [0.2, 0.25) is 0 Å². The first-order valence-corrected chi connectivity index (χ1v) is 4.29. The second-order valence-electron chi connectivity index (χ2n) is 1.80. The van der Waals surface area contributed by atoms with Crippen LogP contribution in [0.25, 0.3) is 0 Å². The van der Waals surface area contributed by atoms with Gasteiger partial charge < -0.3 is 16.9 Å². The standard InChI is InChI=1S/C6H5.C3H5O2.Fe.HO2P/c1-2-4-6-5-3-1;1-2-3(4)5;;1-3-2/h1-5H;1-2H2,(H,4,5);;(H,1,2)/q2*-1;+3;/p-1. The minimum absolute atomic E-state index is 0. The molecule has 0 spiro atoms. The van der Waals surface area contributed by atoms with Crippen molar-refractivity contribution in [2.24, 2.45) is 0 Å². The first-order chi connectivity index (χ1) is 6.68. The van der Waals surface area contributed by atoms with Crippen LogP contribution >= 0.6 is 8.69 Å². The zero-order valence-corrected chi connectivity index (χ0v) is 9.77. The fourth-order valence-electron chi connectivity index (χ4n) is 0.342. The molecular formula is C9H10FeO4P. The third-order valence-corrected chi connectivity index (χ3v) is 0.821. The zero-order chi connectivity index (χ0) is 11.2. The normalized spacial score (nSPS) is 7.07. The van der Waals surface area contributed by atoms with E-state index in [9.17, 15) is 4.79 Å². The molecule has 4 nitrogen and oxygen atoms in total. The Morgan fingerprint density at radius 3 is 1.80 bits per heavy atom. The van der Waals surface area contributed by atoms with Crippen LogP contribution in [0.1, 0.15) is 6.42 Å². The van der Waals surface area contributed by atoms with E-state index in [1.807, 2.05) is 30.3 Å². The fraction of sp³-hybridized carbons (Fsp3) is 0.111. The van der Waals surface area contributed by atoms with Gasteiger partial charge in [-0.15, -0.1) is 0 Å². The van der Waals surface area contributed by atoms with Crippen molar-refractivity contribution < 1.29 is 36.4 Å². The van der Waals surface area contributed by atoms with Crippen molar-refractivity contribution in [3.05, 3.63) is 43.3 Å². The van der Waals surface area contributed by atoms with E-state index in [1.165, 1.54) is 0 Å². The molecule has 1 aromatic carbocycles. The van der Waals surface area contributed by atoms with Crippen molar-refractivity contribution in [3.8, 4) is 0 Å². The van der Waals surface area contributed by atoms with Gasteiger partial charge in [0.05, 0.1) is 8.69 Å². The van der Waals surface area contributed by atoms with Crippen LogP contribution in [0, 0.1) is 13.0 Å². The molecule has 0 bridgehead atoms. The Hall–Kier alpha value is -0.731. The molecule has 0 aliphatic heterocycles. The van der Waals surface area contributed by atoms with Crippen molar-refractivity contribution in [2.45, 2.75) is 6.42 Å². The van der Waals surface area contributed by atoms with Gasteiger partial charge in [-0.3, -0.25) is 9.36 Å². The van der Waals surface area contributed by atoms with E-state index in [4.69, 9.17) is 14.6 Å². The first kappa shape index (κ1) is 19.8. The number of aliphatic carboxylic acids is 1. The number of carboxylic acid groups (broad SMARTS) is 1. The summed E-state index contributed by atoms with van der Waals surface area (Å²) >= 11 is 0. The second kappa shape index (κ2) is 18.9. The maximum absolute atomic E-state index is 9.31. The van der Waals surface area contributed by atoms with Gasteiger partial charge in [0.1, 0.15) is 0 Å². The average molecular weight is 269 g/mol. The Labute approximate surface area is 101 Å². The van der Waals surface area contributed by atoms with Crippen molar-refractivity contribution >= 4 is 14.7 Å². The van der Waals surface area contributed by atoms with E-state index in [0.717, 1.165) is 0 Å². The van der Waals surface area contributed by atoms with Crippen molar-refractivity contribution in [1.82, 2.24) is 0 Å². The van der Waals surface area contributed by atoms with Crippen molar-refractivity contribution in [2.75, 3.05) is 0 Å². The monoisotopic (exact) mass is 269 g/mol. The van der Waals surface area contributed by atoms with Gasteiger partial charge in [0, 0.05) is 0 Å². The van der Waals surface area contributed by atoms with Gasteiger partial charge >= 0.3 is 17.1 Å². The van der Waals surface area contributed by atoms with Crippen LogP contribution in [0.4, 0.5) is 0 Å². The molecule has 0 unspecified atom stereocenters. The van der Waals surface area contributed by atoms with E-state index in [0.29, 0.717) is 0 Å². The van der Waals surface area contributed by atoms with E-state index in [1.54, 1.807) is 0 Å². The van der Waals surface area contributed by atoms with Crippen LogP contribution < -0.4 is 4.89 Å². The Kier molecular flexibility index (Phi) is 25.0. The van der Waals surface area contributed by atoms with E-state index >= 15 is 0 Å². The Morgan fingerprint density at radius 2 is 1.73 bits per heavy atom. The minimum Gasteiger partial charge on any atom is -0.772 e. The molecule has 0 heterocycles. The molecule has 1 radical (unpaired) electrons. The van der Waals surface area contributed by atoms with E-state index in [2.05, 4.69) is 13.0 Å². The topological polar surface area (TPSA) is 77.4 Å². The van der Waals surface area contributed by atoms with E-state index < -0.39 is 14.7 Å². The number of carboxylic acids is 1. The van der Waals surface area contributed by atoms with Gasteiger partial charge in [-0.05, 0) is 0 Å². The van der Waals surface area contributed by atoms with Crippen LogP contribution in [0.5, 0.6) is 0 Å². The number of rotatable bonds is 1. The molecule has 0 aliphatic carbocycles. The molecular weight excluding hydrogens is 259 g/mol. The zero-order valence-electron chi connectivity index (χ0n) is 7.77. The SMILES string of the molecule is O=P[O-].[CH2-]CC(=O)O.[Fe+3].[c-]1ccccc1. The summed E-state index contributed by atoms with van der Waals surface area (Å²) in [6.45, 7) is 3.09. The summed E-state index contributed by atoms with van der Waals surface area (Å²) in [7, 11) is -1.08. The van der Waals surface area contributed by atoms with Gasteiger partial charge in [-0.2, -0.15) is 36.4 Å². The summed E-state index contributed by atoms with van der Waals surface area (Å²) < 4.78 is 8.35. The Balaban J connectivity index is -0.000000148. The number of benzene rings is 1. The number of hydrogen-bond acceptors (Lipinski definition) is 3. The molecule has 1 aromatic rings. The summed E-state index contributed by atoms with van der Waals surface area (Å²) in [5.41, 5.74) is 0. The fourth-order valence-corrected chi connectivity index (χ4v) is 0.342. The minimum atomic E-state index is -1.08. The van der Waals surface area contributed by atoms with Crippen LogP contribution in [-0.2, 0) is 26.4 Å². The molecule has 0 aliphatic rings. The van der Waals surface area contributed by atoms with Crippen LogP contribution in [0.2, 0.25) is 0 Å². The average Bonchev–Trinajstić information content (AvgIpc) is 2.22.